The van der Waals surface area contributed by atoms with Crippen molar-refractivity contribution in [2.75, 3.05) is 19.6 Å². The van der Waals surface area contributed by atoms with Gasteiger partial charge in [-0.2, -0.15) is 0 Å². The molecule has 0 radical (unpaired) electrons. The second-order valence-electron chi connectivity index (χ2n) is 10.9. The van der Waals surface area contributed by atoms with Crippen LogP contribution < -0.4 is 5.32 Å². The Balaban J connectivity index is 1.43. The molecular formula is C28H40N4O3. The number of likely N-dealkylation sites (tertiary alicyclic amines) is 1. The second-order valence-corrected chi connectivity index (χ2v) is 10.9. The molecule has 2 aromatic heterocycles. The number of carbonyl (C=O) groups is 2. The number of hydrogen-bond acceptors (Lipinski definition) is 4. The van der Waals surface area contributed by atoms with Crippen LogP contribution in [0, 0.1) is 0 Å². The van der Waals surface area contributed by atoms with Crippen molar-refractivity contribution in [1.82, 2.24) is 19.7 Å². The van der Waals surface area contributed by atoms with E-state index in [4.69, 9.17) is 4.42 Å². The van der Waals surface area contributed by atoms with E-state index in [1.54, 1.807) is 6.26 Å². The molecule has 1 aliphatic carbocycles. The van der Waals surface area contributed by atoms with Gasteiger partial charge in [0.15, 0.2) is 0 Å². The molecule has 3 aliphatic rings. The summed E-state index contributed by atoms with van der Waals surface area (Å²) in [6, 6.07) is 8.27. The molecule has 2 aromatic rings. The van der Waals surface area contributed by atoms with Crippen molar-refractivity contribution in [3.05, 3.63) is 36.2 Å². The number of nitrogens with zero attached hydrogens (tertiary/aromatic N) is 3. The molecule has 1 saturated carbocycles. The summed E-state index contributed by atoms with van der Waals surface area (Å²) in [7, 11) is 0. The summed E-state index contributed by atoms with van der Waals surface area (Å²) in [5.74, 6) is 0.609. The first-order valence-corrected chi connectivity index (χ1v) is 13.6. The van der Waals surface area contributed by atoms with Crippen LogP contribution in [-0.4, -0.2) is 63.4 Å². The zero-order valence-corrected chi connectivity index (χ0v) is 21.3. The third kappa shape index (κ3) is 4.80. The molecule has 0 bridgehead atoms. The van der Waals surface area contributed by atoms with E-state index in [-0.39, 0.29) is 17.9 Å². The zero-order chi connectivity index (χ0) is 24.4. The van der Waals surface area contributed by atoms with E-state index in [0.717, 1.165) is 44.5 Å². The van der Waals surface area contributed by atoms with Gasteiger partial charge in [-0.3, -0.25) is 14.5 Å². The Morgan fingerprint density at radius 2 is 1.77 bits per heavy atom. The molecular weight excluding hydrogens is 440 g/mol. The van der Waals surface area contributed by atoms with Crippen molar-refractivity contribution in [2.24, 2.45) is 0 Å². The predicted molar refractivity (Wildman–Crippen MR) is 136 cm³/mol. The van der Waals surface area contributed by atoms with Gasteiger partial charge in [0.05, 0.1) is 18.5 Å². The fourth-order valence-corrected chi connectivity index (χ4v) is 6.25. The summed E-state index contributed by atoms with van der Waals surface area (Å²) in [6.07, 6.45) is 12.1. The van der Waals surface area contributed by atoms with Crippen LogP contribution in [0.4, 0.5) is 0 Å². The maximum absolute atomic E-state index is 13.9. The third-order valence-corrected chi connectivity index (χ3v) is 8.51. The minimum atomic E-state index is -0.963. The lowest BCUT2D eigenvalue weighted by molar-refractivity contribution is -0.133. The topological polar surface area (TPSA) is 70.7 Å². The number of nitrogens with one attached hydrogen (secondary N) is 1. The number of carbonyl (C=O) groups excluding carboxylic acids is 2. The van der Waals surface area contributed by atoms with Gasteiger partial charge in [0.2, 0.25) is 5.91 Å². The van der Waals surface area contributed by atoms with Gasteiger partial charge in [0.25, 0.3) is 5.91 Å². The summed E-state index contributed by atoms with van der Waals surface area (Å²) >= 11 is 0. The Labute approximate surface area is 208 Å². The normalized spacial score (nSPS) is 26.4. The molecule has 5 rings (SSSR count). The highest BCUT2D eigenvalue weighted by Crippen LogP contribution is 2.34. The van der Waals surface area contributed by atoms with Crippen LogP contribution in [0.15, 0.2) is 34.9 Å². The standard InChI is InChI=1S/C28H40N4O3/c1-21-10-7-8-16-30(21)17-18-32-26(33)24-15-14-23(25-13-9-19-35-25)31(24)20-28(32,2)27(34)29-22-11-5-3-4-6-12-22/h9,13-15,19,21-22H,3-8,10-12,16-18,20H2,1-2H3,(H,29,34)/t21-,28-/m1/s1. The molecule has 35 heavy (non-hydrogen) atoms. The van der Waals surface area contributed by atoms with E-state index >= 15 is 0 Å². The highest BCUT2D eigenvalue weighted by Gasteiger charge is 2.48. The first-order chi connectivity index (χ1) is 17.0. The number of fused-ring (bicyclic) bond motifs is 1. The summed E-state index contributed by atoms with van der Waals surface area (Å²) in [5, 5.41) is 3.36. The molecule has 2 atom stereocenters. The first kappa shape index (κ1) is 24.2. The average molecular weight is 481 g/mol. The van der Waals surface area contributed by atoms with E-state index in [0.29, 0.717) is 30.6 Å². The van der Waals surface area contributed by atoms with Crippen LogP contribution >= 0.6 is 0 Å². The number of aromatic nitrogens is 1. The molecule has 7 heteroatoms. The van der Waals surface area contributed by atoms with Crippen molar-refractivity contribution in [3.8, 4) is 11.5 Å². The van der Waals surface area contributed by atoms with Gasteiger partial charge >= 0.3 is 0 Å². The number of rotatable bonds is 6. The predicted octanol–water partition coefficient (Wildman–Crippen LogP) is 4.68. The smallest absolute Gasteiger partial charge is 0.271 e. The third-order valence-electron chi connectivity index (χ3n) is 8.51. The highest BCUT2D eigenvalue weighted by molar-refractivity contribution is 6.00. The molecule has 0 unspecified atom stereocenters. The van der Waals surface area contributed by atoms with Crippen LogP contribution in [-0.2, 0) is 11.3 Å². The summed E-state index contributed by atoms with van der Waals surface area (Å²) in [6.45, 7) is 7.06. The Morgan fingerprint density at radius 3 is 2.49 bits per heavy atom. The van der Waals surface area contributed by atoms with E-state index in [1.165, 1.54) is 32.1 Å². The Bertz CT molecular complexity index is 1020. The van der Waals surface area contributed by atoms with E-state index in [1.807, 2.05) is 40.7 Å². The molecule has 4 heterocycles. The molecule has 2 amide bonds. The van der Waals surface area contributed by atoms with Crippen LogP contribution in [0.5, 0.6) is 0 Å². The second kappa shape index (κ2) is 10.2. The van der Waals surface area contributed by atoms with Gasteiger partial charge in [-0.05, 0) is 70.3 Å². The number of furan rings is 1. The zero-order valence-electron chi connectivity index (χ0n) is 21.3. The minimum absolute atomic E-state index is 0.0332. The quantitative estimate of drug-likeness (QED) is 0.610. The monoisotopic (exact) mass is 480 g/mol. The fraction of sp³-hybridized carbons (Fsp3) is 0.643. The van der Waals surface area contributed by atoms with Gasteiger partial charge in [-0.25, -0.2) is 0 Å². The van der Waals surface area contributed by atoms with Crippen molar-refractivity contribution >= 4 is 11.8 Å². The molecule has 2 fully saturated rings. The molecule has 7 nitrogen and oxygen atoms in total. The van der Waals surface area contributed by atoms with Crippen LogP contribution in [0.25, 0.3) is 11.5 Å². The van der Waals surface area contributed by atoms with Crippen LogP contribution in [0.3, 0.4) is 0 Å². The summed E-state index contributed by atoms with van der Waals surface area (Å²) in [4.78, 5) is 32.2. The van der Waals surface area contributed by atoms with Crippen molar-refractivity contribution < 1.29 is 14.0 Å². The SMILES string of the molecule is C[C@@H]1CCCCN1CCN1C(=O)c2ccc(-c3ccco3)n2C[C@]1(C)C(=O)NC1CCCCCC1. The number of hydrogen-bond donors (Lipinski definition) is 1. The van der Waals surface area contributed by atoms with E-state index in [2.05, 4.69) is 17.1 Å². The van der Waals surface area contributed by atoms with Gasteiger partial charge in [0, 0.05) is 25.2 Å². The molecule has 1 saturated heterocycles. The maximum atomic E-state index is 13.9. The van der Waals surface area contributed by atoms with Crippen molar-refractivity contribution in [2.45, 2.75) is 95.8 Å². The summed E-state index contributed by atoms with van der Waals surface area (Å²) in [5.41, 5.74) is 0.509. The molecule has 0 spiro atoms. The lowest BCUT2D eigenvalue weighted by Crippen LogP contribution is -2.66. The Kier molecular flexibility index (Phi) is 7.05. The lowest BCUT2D eigenvalue weighted by atomic mass is 9.93. The van der Waals surface area contributed by atoms with Crippen LogP contribution in [0.1, 0.15) is 82.1 Å². The first-order valence-electron chi connectivity index (χ1n) is 13.6. The largest absolute Gasteiger partial charge is 0.463 e. The Hall–Kier alpha value is -2.54. The van der Waals surface area contributed by atoms with Crippen LogP contribution in [0.2, 0.25) is 0 Å². The summed E-state index contributed by atoms with van der Waals surface area (Å²) < 4.78 is 7.64. The minimum Gasteiger partial charge on any atom is -0.463 e. The molecule has 1 N–H and O–H groups in total. The number of piperidine rings is 1. The fourth-order valence-electron chi connectivity index (χ4n) is 6.25. The lowest BCUT2D eigenvalue weighted by Gasteiger charge is -2.46. The van der Waals surface area contributed by atoms with E-state index in [9.17, 15) is 9.59 Å². The molecule has 2 aliphatic heterocycles. The Morgan fingerprint density at radius 1 is 1.03 bits per heavy atom. The van der Waals surface area contributed by atoms with Gasteiger partial charge in [0.1, 0.15) is 17.0 Å². The maximum Gasteiger partial charge on any atom is 0.271 e. The highest BCUT2D eigenvalue weighted by atomic mass is 16.3. The number of amides is 2. The van der Waals surface area contributed by atoms with Gasteiger partial charge in [-0.1, -0.05) is 32.1 Å². The van der Waals surface area contributed by atoms with E-state index < -0.39 is 5.54 Å². The average Bonchev–Trinajstić information content (AvgIpc) is 3.45. The van der Waals surface area contributed by atoms with Crippen molar-refractivity contribution in [3.63, 3.8) is 0 Å². The van der Waals surface area contributed by atoms with Crippen molar-refractivity contribution in [1.29, 1.82) is 0 Å². The molecule has 190 valence electrons. The van der Waals surface area contributed by atoms with Gasteiger partial charge in [-0.15, -0.1) is 0 Å². The molecule has 0 aromatic carbocycles. The van der Waals surface area contributed by atoms with Gasteiger partial charge < -0.3 is 19.2 Å².